The number of nitrogens with zero attached hydrogens (tertiary/aromatic N) is 3. The molecule has 1 aromatic rings. The van der Waals surface area contributed by atoms with Gasteiger partial charge in [0.1, 0.15) is 0 Å². The molecular weight excluding hydrogens is 276 g/mol. The van der Waals surface area contributed by atoms with E-state index in [1.807, 2.05) is 10.9 Å². The molecule has 2 heterocycles. The minimum atomic E-state index is 0.240. The van der Waals surface area contributed by atoms with E-state index in [2.05, 4.69) is 23.1 Å². The number of rotatable bonds is 4. The topological polar surface area (TPSA) is 64.2 Å². The summed E-state index contributed by atoms with van der Waals surface area (Å²) in [4.78, 5) is 14.5. The lowest BCUT2D eigenvalue weighted by atomic mass is 9.95. The highest BCUT2D eigenvalue weighted by Crippen LogP contribution is 2.28. The fraction of sp³-hybridized carbons (Fsp3) is 0.765. The standard InChI is InChI=1S/C17H28N4O/c1-13-10-19-21(11-13)12-14-5-7-20(8-6-14)17(22)9-15-3-2-4-16(15)18/h10-11,14-16H,2-9,12,18H2,1H3/t15-,16+/m0/s1. The molecule has 1 aromatic heterocycles. The Labute approximate surface area is 132 Å². The van der Waals surface area contributed by atoms with E-state index in [1.165, 1.54) is 12.0 Å². The molecule has 5 heteroatoms. The third kappa shape index (κ3) is 3.69. The summed E-state index contributed by atoms with van der Waals surface area (Å²) in [5.41, 5.74) is 7.30. The molecule has 2 aliphatic rings. The predicted octanol–water partition coefficient (Wildman–Crippen LogP) is 1.95. The van der Waals surface area contributed by atoms with Crippen LogP contribution in [-0.2, 0) is 11.3 Å². The minimum Gasteiger partial charge on any atom is -0.343 e. The van der Waals surface area contributed by atoms with Crippen molar-refractivity contribution in [3.05, 3.63) is 18.0 Å². The summed E-state index contributed by atoms with van der Waals surface area (Å²) in [5, 5.41) is 4.36. The van der Waals surface area contributed by atoms with Crippen molar-refractivity contribution in [1.29, 1.82) is 0 Å². The van der Waals surface area contributed by atoms with Crippen LogP contribution >= 0.6 is 0 Å². The minimum absolute atomic E-state index is 0.240. The molecule has 2 atom stereocenters. The molecular formula is C17H28N4O. The fourth-order valence-electron chi connectivity index (χ4n) is 3.87. The Kier molecular flexibility index (Phi) is 4.81. The summed E-state index contributed by atoms with van der Waals surface area (Å²) in [5.74, 6) is 1.37. The monoisotopic (exact) mass is 304 g/mol. The Morgan fingerprint density at radius 1 is 1.32 bits per heavy atom. The van der Waals surface area contributed by atoms with Crippen LogP contribution in [0.3, 0.4) is 0 Å². The molecule has 22 heavy (non-hydrogen) atoms. The van der Waals surface area contributed by atoms with Crippen molar-refractivity contribution >= 4 is 5.91 Å². The summed E-state index contributed by atoms with van der Waals surface area (Å²) < 4.78 is 2.04. The Morgan fingerprint density at radius 3 is 2.68 bits per heavy atom. The van der Waals surface area contributed by atoms with E-state index in [4.69, 9.17) is 5.73 Å². The van der Waals surface area contributed by atoms with E-state index in [1.54, 1.807) is 0 Å². The zero-order valence-corrected chi connectivity index (χ0v) is 13.6. The Morgan fingerprint density at radius 2 is 2.09 bits per heavy atom. The fourth-order valence-corrected chi connectivity index (χ4v) is 3.87. The zero-order valence-electron chi connectivity index (χ0n) is 13.6. The van der Waals surface area contributed by atoms with Gasteiger partial charge in [-0.2, -0.15) is 5.10 Å². The van der Waals surface area contributed by atoms with Gasteiger partial charge >= 0.3 is 0 Å². The van der Waals surface area contributed by atoms with Crippen LogP contribution < -0.4 is 5.73 Å². The number of aryl methyl sites for hydroxylation is 1. The number of hydrogen-bond donors (Lipinski definition) is 1. The predicted molar refractivity (Wildman–Crippen MR) is 86.2 cm³/mol. The van der Waals surface area contributed by atoms with E-state index in [9.17, 15) is 4.79 Å². The number of hydrogen-bond acceptors (Lipinski definition) is 3. The van der Waals surface area contributed by atoms with Gasteiger partial charge < -0.3 is 10.6 Å². The summed E-state index contributed by atoms with van der Waals surface area (Å²) in [7, 11) is 0. The number of amides is 1. The maximum atomic E-state index is 12.4. The molecule has 2 N–H and O–H groups in total. The normalized spacial score (nSPS) is 26.5. The van der Waals surface area contributed by atoms with Gasteiger partial charge in [0.05, 0.1) is 6.20 Å². The lowest BCUT2D eigenvalue weighted by Gasteiger charge is -2.33. The van der Waals surface area contributed by atoms with Gasteiger partial charge in [0.25, 0.3) is 0 Å². The van der Waals surface area contributed by atoms with Gasteiger partial charge in [-0.1, -0.05) is 6.42 Å². The maximum absolute atomic E-state index is 12.4. The SMILES string of the molecule is Cc1cnn(CC2CCN(C(=O)C[C@@H]3CCC[C@H]3N)CC2)c1. The summed E-state index contributed by atoms with van der Waals surface area (Å²) in [6, 6.07) is 0.240. The van der Waals surface area contributed by atoms with Crippen molar-refractivity contribution in [2.75, 3.05) is 13.1 Å². The molecule has 0 unspecified atom stereocenters. The van der Waals surface area contributed by atoms with E-state index in [0.717, 1.165) is 45.3 Å². The second-order valence-corrected chi connectivity index (χ2v) is 7.12. The van der Waals surface area contributed by atoms with Gasteiger partial charge in [0, 0.05) is 38.3 Å². The van der Waals surface area contributed by atoms with Gasteiger partial charge in [0.15, 0.2) is 0 Å². The first-order valence-electron chi connectivity index (χ1n) is 8.64. The number of carbonyl (C=O) groups excluding carboxylic acids is 1. The zero-order chi connectivity index (χ0) is 15.5. The first-order valence-corrected chi connectivity index (χ1v) is 8.64. The van der Waals surface area contributed by atoms with E-state index < -0.39 is 0 Å². The molecule has 0 spiro atoms. The average molecular weight is 304 g/mol. The van der Waals surface area contributed by atoms with E-state index in [0.29, 0.717) is 24.2 Å². The van der Waals surface area contributed by atoms with Crippen molar-refractivity contribution in [2.24, 2.45) is 17.6 Å². The molecule has 1 saturated heterocycles. The molecule has 2 fully saturated rings. The lowest BCUT2D eigenvalue weighted by molar-refractivity contribution is -0.133. The number of piperidine rings is 1. The molecule has 3 rings (SSSR count). The van der Waals surface area contributed by atoms with Gasteiger partial charge in [0.2, 0.25) is 5.91 Å². The molecule has 1 aliphatic heterocycles. The smallest absolute Gasteiger partial charge is 0.222 e. The van der Waals surface area contributed by atoms with Crippen LogP contribution in [0.2, 0.25) is 0 Å². The molecule has 1 aliphatic carbocycles. The van der Waals surface area contributed by atoms with Crippen molar-refractivity contribution in [3.8, 4) is 0 Å². The highest BCUT2D eigenvalue weighted by molar-refractivity contribution is 5.76. The molecule has 1 saturated carbocycles. The quantitative estimate of drug-likeness (QED) is 0.924. The molecule has 1 amide bonds. The largest absolute Gasteiger partial charge is 0.343 e. The van der Waals surface area contributed by atoms with Crippen LogP contribution in [-0.4, -0.2) is 39.7 Å². The highest BCUT2D eigenvalue weighted by atomic mass is 16.2. The first-order chi connectivity index (χ1) is 10.6. The van der Waals surface area contributed by atoms with Gasteiger partial charge in [-0.05, 0) is 50.0 Å². The van der Waals surface area contributed by atoms with Crippen LogP contribution in [0.4, 0.5) is 0 Å². The van der Waals surface area contributed by atoms with Crippen LogP contribution in [0.15, 0.2) is 12.4 Å². The van der Waals surface area contributed by atoms with Crippen molar-refractivity contribution < 1.29 is 4.79 Å². The van der Waals surface area contributed by atoms with Crippen LogP contribution in [0.5, 0.6) is 0 Å². The van der Waals surface area contributed by atoms with E-state index in [-0.39, 0.29) is 6.04 Å². The molecule has 122 valence electrons. The van der Waals surface area contributed by atoms with E-state index >= 15 is 0 Å². The summed E-state index contributed by atoms with van der Waals surface area (Å²) >= 11 is 0. The maximum Gasteiger partial charge on any atom is 0.222 e. The average Bonchev–Trinajstić information content (AvgIpc) is 3.09. The second-order valence-electron chi connectivity index (χ2n) is 7.12. The Bertz CT molecular complexity index is 505. The molecule has 0 bridgehead atoms. The number of likely N-dealkylation sites (tertiary alicyclic amines) is 1. The Balaban J connectivity index is 1.44. The van der Waals surface area contributed by atoms with Crippen LogP contribution in [0.1, 0.15) is 44.1 Å². The van der Waals surface area contributed by atoms with Crippen molar-refractivity contribution in [1.82, 2.24) is 14.7 Å². The van der Waals surface area contributed by atoms with Gasteiger partial charge in [-0.25, -0.2) is 0 Å². The van der Waals surface area contributed by atoms with Crippen molar-refractivity contribution in [2.45, 2.75) is 58.0 Å². The van der Waals surface area contributed by atoms with Gasteiger partial charge in [-0.3, -0.25) is 9.48 Å². The summed E-state index contributed by atoms with van der Waals surface area (Å²) in [6.45, 7) is 4.83. The van der Waals surface area contributed by atoms with Crippen molar-refractivity contribution in [3.63, 3.8) is 0 Å². The second kappa shape index (κ2) is 6.82. The van der Waals surface area contributed by atoms with Gasteiger partial charge in [-0.15, -0.1) is 0 Å². The molecule has 0 aromatic carbocycles. The Hall–Kier alpha value is -1.36. The summed E-state index contributed by atoms with van der Waals surface area (Å²) in [6.07, 6.45) is 10.2. The first kappa shape index (κ1) is 15.5. The van der Waals surface area contributed by atoms with Crippen LogP contribution in [0.25, 0.3) is 0 Å². The number of aromatic nitrogens is 2. The number of nitrogens with two attached hydrogens (primary N) is 1. The lowest BCUT2D eigenvalue weighted by Crippen LogP contribution is -2.41. The number of carbonyl (C=O) groups is 1. The third-order valence-corrected chi connectivity index (χ3v) is 5.33. The molecule has 5 nitrogen and oxygen atoms in total. The third-order valence-electron chi connectivity index (χ3n) is 5.33. The van der Waals surface area contributed by atoms with Crippen LogP contribution in [0, 0.1) is 18.8 Å². The molecule has 0 radical (unpaired) electrons. The highest BCUT2D eigenvalue weighted by Gasteiger charge is 2.29.